The maximum absolute atomic E-state index is 11.5. The van der Waals surface area contributed by atoms with E-state index in [0.29, 0.717) is 19.4 Å². The van der Waals surface area contributed by atoms with Gasteiger partial charge in [-0.1, -0.05) is 13.8 Å². The Bertz CT molecular complexity index is 250. The Hall–Kier alpha value is -1.26. The highest BCUT2D eigenvalue weighted by Gasteiger charge is 2.21. The number of carbonyl (C=O) groups excluding carboxylic acids is 1. The fraction of sp³-hybridized carbons (Fsp3) is 0.833. The largest absolute Gasteiger partial charge is 0.481 e. The number of carbonyl (C=O) groups is 2. The van der Waals surface area contributed by atoms with E-state index in [2.05, 4.69) is 10.6 Å². The minimum Gasteiger partial charge on any atom is -0.481 e. The third kappa shape index (κ3) is 7.60. The van der Waals surface area contributed by atoms with Crippen LogP contribution in [0.3, 0.4) is 0 Å². The van der Waals surface area contributed by atoms with E-state index >= 15 is 0 Å². The number of hydrogen-bond acceptors (Lipinski definition) is 2. The van der Waals surface area contributed by atoms with Crippen molar-refractivity contribution in [3.05, 3.63) is 0 Å². The number of unbranched alkanes of at least 4 members (excludes halogenated alkanes) is 1. The highest BCUT2D eigenvalue weighted by Crippen LogP contribution is 2.12. The van der Waals surface area contributed by atoms with E-state index in [1.54, 1.807) is 0 Å². The Morgan fingerprint density at radius 1 is 1.18 bits per heavy atom. The molecule has 0 aliphatic carbocycles. The van der Waals surface area contributed by atoms with Crippen molar-refractivity contribution in [1.82, 2.24) is 10.6 Å². The summed E-state index contributed by atoms with van der Waals surface area (Å²) in [4.78, 5) is 21.8. The highest BCUT2D eigenvalue weighted by molar-refractivity contribution is 5.74. The maximum atomic E-state index is 11.5. The van der Waals surface area contributed by atoms with Crippen LogP contribution in [-0.4, -0.2) is 29.2 Å². The fourth-order valence-electron chi connectivity index (χ4n) is 1.35. The Labute approximate surface area is 103 Å². The molecule has 100 valence electrons. The van der Waals surface area contributed by atoms with Gasteiger partial charge < -0.3 is 15.7 Å². The molecular weight excluding hydrogens is 220 g/mol. The van der Waals surface area contributed by atoms with Crippen molar-refractivity contribution < 1.29 is 14.7 Å². The van der Waals surface area contributed by atoms with Gasteiger partial charge in [0.2, 0.25) is 0 Å². The monoisotopic (exact) mass is 244 g/mol. The van der Waals surface area contributed by atoms with E-state index in [-0.39, 0.29) is 18.0 Å². The number of carboxylic acid groups (broad SMARTS) is 1. The molecule has 2 amide bonds. The van der Waals surface area contributed by atoms with Crippen LogP contribution in [0.15, 0.2) is 0 Å². The Balaban J connectivity index is 3.69. The minimum absolute atomic E-state index is 0.158. The second-order valence-electron chi connectivity index (χ2n) is 4.50. The van der Waals surface area contributed by atoms with E-state index in [0.717, 1.165) is 12.8 Å². The molecule has 17 heavy (non-hydrogen) atoms. The molecule has 5 heteroatoms. The zero-order valence-electron chi connectivity index (χ0n) is 11.0. The number of carboxylic acids is 1. The third-order valence-corrected chi connectivity index (χ3v) is 3.08. The maximum Gasteiger partial charge on any atom is 0.315 e. The first-order valence-corrected chi connectivity index (χ1v) is 6.21. The van der Waals surface area contributed by atoms with E-state index < -0.39 is 5.97 Å². The molecule has 0 fully saturated rings. The van der Waals surface area contributed by atoms with Crippen LogP contribution in [0.4, 0.5) is 4.79 Å². The predicted molar refractivity (Wildman–Crippen MR) is 67.0 cm³/mol. The summed E-state index contributed by atoms with van der Waals surface area (Å²) in [7, 11) is 0. The molecule has 5 nitrogen and oxygen atoms in total. The molecule has 0 atom stereocenters. The fourth-order valence-corrected chi connectivity index (χ4v) is 1.35. The van der Waals surface area contributed by atoms with Gasteiger partial charge in [0.25, 0.3) is 0 Å². The standard InChI is InChI=1S/C12H24N2O3/c1-4-12(3,5-2)14-11(17)13-9-7-6-8-10(15)16/h4-9H2,1-3H3,(H,15,16)(H2,13,14,17). The number of rotatable bonds is 8. The molecule has 0 bridgehead atoms. The van der Waals surface area contributed by atoms with E-state index in [9.17, 15) is 9.59 Å². The molecule has 0 spiro atoms. The molecule has 0 aromatic rings. The number of urea groups is 1. The first kappa shape index (κ1) is 15.7. The Morgan fingerprint density at radius 2 is 1.76 bits per heavy atom. The lowest BCUT2D eigenvalue weighted by molar-refractivity contribution is -0.137. The van der Waals surface area contributed by atoms with Gasteiger partial charge in [-0.05, 0) is 32.6 Å². The Morgan fingerprint density at radius 3 is 2.24 bits per heavy atom. The van der Waals surface area contributed by atoms with Gasteiger partial charge >= 0.3 is 12.0 Å². The van der Waals surface area contributed by atoms with Crippen LogP contribution in [0.25, 0.3) is 0 Å². The smallest absolute Gasteiger partial charge is 0.315 e. The van der Waals surface area contributed by atoms with Gasteiger partial charge in [0, 0.05) is 18.5 Å². The topological polar surface area (TPSA) is 78.4 Å². The molecule has 0 unspecified atom stereocenters. The van der Waals surface area contributed by atoms with E-state index in [1.165, 1.54) is 0 Å². The first-order chi connectivity index (χ1) is 7.93. The summed E-state index contributed by atoms with van der Waals surface area (Å²) >= 11 is 0. The average Bonchev–Trinajstić information content (AvgIpc) is 2.28. The van der Waals surface area contributed by atoms with Gasteiger partial charge in [0.15, 0.2) is 0 Å². The van der Waals surface area contributed by atoms with E-state index in [1.807, 2.05) is 20.8 Å². The second kappa shape index (κ2) is 7.92. The number of hydrogen-bond donors (Lipinski definition) is 3. The highest BCUT2D eigenvalue weighted by atomic mass is 16.4. The quantitative estimate of drug-likeness (QED) is 0.572. The first-order valence-electron chi connectivity index (χ1n) is 6.21. The zero-order chi connectivity index (χ0) is 13.3. The molecule has 0 aromatic heterocycles. The second-order valence-corrected chi connectivity index (χ2v) is 4.50. The summed E-state index contributed by atoms with van der Waals surface area (Å²) in [6, 6.07) is -0.175. The van der Waals surface area contributed by atoms with Crippen molar-refractivity contribution in [1.29, 1.82) is 0 Å². The SMILES string of the molecule is CCC(C)(CC)NC(=O)NCCCCC(=O)O. The van der Waals surface area contributed by atoms with Crippen LogP contribution in [0.2, 0.25) is 0 Å². The summed E-state index contributed by atoms with van der Waals surface area (Å²) in [5, 5.41) is 14.1. The predicted octanol–water partition coefficient (Wildman–Crippen LogP) is 2.12. The molecule has 0 saturated carbocycles. The van der Waals surface area contributed by atoms with Crippen LogP contribution in [0.1, 0.15) is 52.9 Å². The van der Waals surface area contributed by atoms with E-state index in [4.69, 9.17) is 5.11 Å². The van der Waals surface area contributed by atoms with Gasteiger partial charge in [-0.3, -0.25) is 4.79 Å². The zero-order valence-corrected chi connectivity index (χ0v) is 11.0. The molecule has 0 aliphatic rings. The summed E-state index contributed by atoms with van der Waals surface area (Å²) in [5.74, 6) is -0.793. The van der Waals surface area contributed by atoms with Gasteiger partial charge in [-0.15, -0.1) is 0 Å². The molecule has 0 saturated heterocycles. The molecule has 0 heterocycles. The minimum atomic E-state index is -0.793. The van der Waals surface area contributed by atoms with Crippen molar-refractivity contribution in [3.8, 4) is 0 Å². The molecule has 0 rings (SSSR count). The van der Waals surface area contributed by atoms with Crippen LogP contribution < -0.4 is 10.6 Å². The number of aliphatic carboxylic acids is 1. The molecule has 0 radical (unpaired) electrons. The van der Waals surface area contributed by atoms with Crippen molar-refractivity contribution >= 4 is 12.0 Å². The van der Waals surface area contributed by atoms with Crippen LogP contribution in [-0.2, 0) is 4.79 Å². The van der Waals surface area contributed by atoms with Crippen LogP contribution in [0, 0.1) is 0 Å². The summed E-state index contributed by atoms with van der Waals surface area (Å²) < 4.78 is 0. The van der Waals surface area contributed by atoms with Crippen LogP contribution in [0.5, 0.6) is 0 Å². The van der Waals surface area contributed by atoms with Crippen molar-refractivity contribution in [3.63, 3.8) is 0 Å². The van der Waals surface area contributed by atoms with Gasteiger partial charge in [-0.2, -0.15) is 0 Å². The molecule has 3 N–H and O–H groups in total. The summed E-state index contributed by atoms with van der Waals surface area (Å²) in [6.45, 7) is 6.60. The Kier molecular flexibility index (Phi) is 7.34. The molecule has 0 aromatic carbocycles. The number of nitrogens with one attached hydrogen (secondary N) is 2. The molecular formula is C12H24N2O3. The van der Waals surface area contributed by atoms with Crippen molar-refractivity contribution in [2.24, 2.45) is 0 Å². The average molecular weight is 244 g/mol. The summed E-state index contributed by atoms with van der Waals surface area (Å²) in [5.41, 5.74) is -0.162. The van der Waals surface area contributed by atoms with Gasteiger partial charge in [0.05, 0.1) is 0 Å². The van der Waals surface area contributed by atoms with Gasteiger partial charge in [0.1, 0.15) is 0 Å². The summed E-state index contributed by atoms with van der Waals surface area (Å²) in [6.07, 6.45) is 3.21. The molecule has 0 aliphatic heterocycles. The third-order valence-electron chi connectivity index (χ3n) is 3.08. The lowest BCUT2D eigenvalue weighted by Gasteiger charge is -2.28. The van der Waals surface area contributed by atoms with Crippen molar-refractivity contribution in [2.45, 2.75) is 58.4 Å². The lowest BCUT2D eigenvalue weighted by atomic mass is 9.96. The lowest BCUT2D eigenvalue weighted by Crippen LogP contribution is -2.49. The van der Waals surface area contributed by atoms with Gasteiger partial charge in [-0.25, -0.2) is 4.79 Å². The van der Waals surface area contributed by atoms with Crippen molar-refractivity contribution in [2.75, 3.05) is 6.54 Å². The normalized spacial score (nSPS) is 11.0. The van der Waals surface area contributed by atoms with Crippen LogP contribution >= 0.6 is 0 Å². The number of amides is 2.